The van der Waals surface area contributed by atoms with Gasteiger partial charge in [-0.1, -0.05) is 30.3 Å². The molecule has 0 saturated carbocycles. The molecule has 0 unspecified atom stereocenters. The van der Waals surface area contributed by atoms with Crippen LogP contribution in [0.1, 0.15) is 13.8 Å². The largest absolute Gasteiger partial charge is 0.508 e. The molecule has 20 heavy (non-hydrogen) atoms. The van der Waals surface area contributed by atoms with Crippen LogP contribution in [0, 0.1) is 0 Å². The van der Waals surface area contributed by atoms with Gasteiger partial charge in [-0.3, -0.25) is 0 Å². The summed E-state index contributed by atoms with van der Waals surface area (Å²) in [6.07, 6.45) is -0.588. The summed E-state index contributed by atoms with van der Waals surface area (Å²) >= 11 is 0. The van der Waals surface area contributed by atoms with Gasteiger partial charge >= 0.3 is 6.16 Å². The van der Waals surface area contributed by atoms with Crippen molar-refractivity contribution < 1.29 is 19.0 Å². The standard InChI is InChI=1S/C11H10O.C5H10O3/c1-12-11-7-6-9-4-2-3-5-10(9)8-11;1-3-7-5(6)8-4-2/h2-8H,1H3;3-4H2,1-2H3. The van der Waals surface area contributed by atoms with Crippen LogP contribution in [0.4, 0.5) is 4.79 Å². The van der Waals surface area contributed by atoms with Gasteiger partial charge in [-0.05, 0) is 36.8 Å². The highest BCUT2D eigenvalue weighted by Gasteiger charge is 1.96. The Morgan fingerprint density at radius 1 is 0.950 bits per heavy atom. The van der Waals surface area contributed by atoms with Crippen molar-refractivity contribution in [3.8, 4) is 5.75 Å². The normalized spacial score (nSPS) is 9.35. The fourth-order valence-electron chi connectivity index (χ4n) is 1.57. The van der Waals surface area contributed by atoms with Crippen molar-refractivity contribution >= 4 is 16.9 Å². The fourth-order valence-corrected chi connectivity index (χ4v) is 1.57. The quantitative estimate of drug-likeness (QED) is 0.794. The number of hydrogen-bond donors (Lipinski definition) is 0. The van der Waals surface area contributed by atoms with Crippen LogP contribution in [0.5, 0.6) is 5.75 Å². The first-order chi connectivity index (χ1) is 9.71. The van der Waals surface area contributed by atoms with Gasteiger partial charge in [0.2, 0.25) is 0 Å². The summed E-state index contributed by atoms with van der Waals surface area (Å²) in [6.45, 7) is 4.21. The third kappa shape index (κ3) is 5.18. The molecule has 0 bridgehead atoms. The number of carbonyl (C=O) groups excluding carboxylic acids is 1. The predicted molar refractivity (Wildman–Crippen MR) is 79.1 cm³/mol. The molecule has 0 aliphatic heterocycles. The van der Waals surface area contributed by atoms with Crippen LogP contribution >= 0.6 is 0 Å². The highest BCUT2D eigenvalue weighted by atomic mass is 16.7. The Balaban J connectivity index is 0.000000221. The van der Waals surface area contributed by atoms with Crippen LogP contribution in [-0.4, -0.2) is 26.5 Å². The predicted octanol–water partition coefficient (Wildman–Crippen LogP) is 4.03. The SMILES string of the molecule is CCOC(=O)OCC.COc1ccc2ccccc2c1. The molecule has 0 atom stereocenters. The summed E-state index contributed by atoms with van der Waals surface area (Å²) in [5.74, 6) is 0.911. The Morgan fingerprint density at radius 2 is 1.55 bits per heavy atom. The topological polar surface area (TPSA) is 44.8 Å². The first-order valence-electron chi connectivity index (χ1n) is 6.53. The number of fused-ring (bicyclic) bond motifs is 1. The molecule has 0 spiro atoms. The van der Waals surface area contributed by atoms with Gasteiger partial charge in [0.1, 0.15) is 5.75 Å². The van der Waals surface area contributed by atoms with E-state index in [4.69, 9.17) is 4.74 Å². The lowest BCUT2D eigenvalue weighted by atomic mass is 10.1. The monoisotopic (exact) mass is 276 g/mol. The van der Waals surface area contributed by atoms with E-state index < -0.39 is 6.16 Å². The molecular formula is C16H20O4. The Labute approximate surface area is 119 Å². The summed E-state index contributed by atoms with van der Waals surface area (Å²) in [5, 5.41) is 2.47. The molecule has 2 rings (SSSR count). The van der Waals surface area contributed by atoms with Gasteiger partial charge in [0.05, 0.1) is 20.3 Å². The van der Waals surface area contributed by atoms with Gasteiger partial charge in [0, 0.05) is 0 Å². The molecule has 4 nitrogen and oxygen atoms in total. The number of ether oxygens (including phenoxy) is 3. The van der Waals surface area contributed by atoms with Crippen molar-refractivity contribution in [2.24, 2.45) is 0 Å². The van der Waals surface area contributed by atoms with Crippen LogP contribution in [-0.2, 0) is 9.47 Å². The van der Waals surface area contributed by atoms with Crippen LogP contribution in [0.15, 0.2) is 42.5 Å². The van der Waals surface area contributed by atoms with Gasteiger partial charge in [-0.15, -0.1) is 0 Å². The van der Waals surface area contributed by atoms with Crippen molar-refractivity contribution in [1.29, 1.82) is 0 Å². The Morgan fingerprint density at radius 3 is 2.10 bits per heavy atom. The minimum absolute atomic E-state index is 0.374. The lowest BCUT2D eigenvalue weighted by Gasteiger charge is -2.00. The first-order valence-corrected chi connectivity index (χ1v) is 6.53. The van der Waals surface area contributed by atoms with E-state index in [1.807, 2.05) is 24.3 Å². The third-order valence-corrected chi connectivity index (χ3v) is 2.48. The van der Waals surface area contributed by atoms with E-state index in [-0.39, 0.29) is 0 Å². The van der Waals surface area contributed by atoms with E-state index >= 15 is 0 Å². The number of benzene rings is 2. The molecule has 0 amide bonds. The molecule has 4 heteroatoms. The molecule has 0 radical (unpaired) electrons. The van der Waals surface area contributed by atoms with Crippen molar-refractivity contribution in [1.82, 2.24) is 0 Å². The number of carbonyl (C=O) groups is 1. The summed E-state index contributed by atoms with van der Waals surface area (Å²) in [6, 6.07) is 14.3. The second-order valence-corrected chi connectivity index (χ2v) is 3.83. The molecule has 0 saturated heterocycles. The van der Waals surface area contributed by atoms with Crippen LogP contribution in [0.2, 0.25) is 0 Å². The minimum Gasteiger partial charge on any atom is -0.497 e. The van der Waals surface area contributed by atoms with Crippen molar-refractivity contribution in [2.45, 2.75) is 13.8 Å². The summed E-state index contributed by atoms with van der Waals surface area (Å²) in [7, 11) is 1.68. The fraction of sp³-hybridized carbons (Fsp3) is 0.312. The molecule has 0 heterocycles. The molecule has 2 aromatic carbocycles. The molecular weight excluding hydrogens is 256 g/mol. The lowest BCUT2D eigenvalue weighted by Crippen LogP contribution is -2.05. The lowest BCUT2D eigenvalue weighted by molar-refractivity contribution is 0.0630. The van der Waals surface area contributed by atoms with Crippen molar-refractivity contribution in [3.63, 3.8) is 0 Å². The molecule has 108 valence electrons. The maximum absolute atomic E-state index is 10.2. The maximum Gasteiger partial charge on any atom is 0.508 e. The number of hydrogen-bond acceptors (Lipinski definition) is 4. The Hall–Kier alpha value is -2.23. The Bertz CT molecular complexity index is 529. The molecule has 0 aliphatic rings. The summed E-state index contributed by atoms with van der Waals surface area (Å²) in [5.41, 5.74) is 0. The van der Waals surface area contributed by atoms with Gasteiger partial charge in [0.15, 0.2) is 0 Å². The number of rotatable bonds is 3. The van der Waals surface area contributed by atoms with Gasteiger partial charge in [-0.2, -0.15) is 0 Å². The highest BCUT2D eigenvalue weighted by Crippen LogP contribution is 2.19. The highest BCUT2D eigenvalue weighted by molar-refractivity contribution is 5.83. The van der Waals surface area contributed by atoms with Gasteiger partial charge in [-0.25, -0.2) is 4.79 Å². The zero-order chi connectivity index (χ0) is 14.8. The van der Waals surface area contributed by atoms with E-state index in [1.54, 1.807) is 21.0 Å². The van der Waals surface area contributed by atoms with Crippen LogP contribution < -0.4 is 4.74 Å². The zero-order valence-electron chi connectivity index (χ0n) is 12.1. The molecule has 0 N–H and O–H groups in total. The molecule has 0 fully saturated rings. The first kappa shape index (κ1) is 15.8. The molecule has 0 aliphatic carbocycles. The van der Waals surface area contributed by atoms with E-state index in [9.17, 15) is 4.79 Å². The van der Waals surface area contributed by atoms with Gasteiger partial charge < -0.3 is 14.2 Å². The van der Waals surface area contributed by atoms with E-state index in [0.29, 0.717) is 13.2 Å². The minimum atomic E-state index is -0.588. The Kier molecular flexibility index (Phi) is 6.96. The van der Waals surface area contributed by atoms with E-state index in [2.05, 4.69) is 27.7 Å². The van der Waals surface area contributed by atoms with Crippen LogP contribution in [0.25, 0.3) is 10.8 Å². The smallest absolute Gasteiger partial charge is 0.497 e. The maximum atomic E-state index is 10.2. The second kappa shape index (κ2) is 8.80. The zero-order valence-corrected chi connectivity index (χ0v) is 12.1. The molecule has 0 aromatic heterocycles. The third-order valence-electron chi connectivity index (χ3n) is 2.48. The van der Waals surface area contributed by atoms with E-state index in [0.717, 1.165) is 5.75 Å². The summed E-state index contributed by atoms with van der Waals surface area (Å²) in [4.78, 5) is 10.2. The van der Waals surface area contributed by atoms with Crippen LogP contribution in [0.3, 0.4) is 0 Å². The van der Waals surface area contributed by atoms with E-state index in [1.165, 1.54) is 10.8 Å². The van der Waals surface area contributed by atoms with Crippen molar-refractivity contribution in [3.05, 3.63) is 42.5 Å². The van der Waals surface area contributed by atoms with Crippen molar-refractivity contribution in [2.75, 3.05) is 20.3 Å². The summed E-state index contributed by atoms with van der Waals surface area (Å²) < 4.78 is 14.0. The average Bonchev–Trinajstić information content (AvgIpc) is 2.48. The number of methoxy groups -OCH3 is 1. The average molecular weight is 276 g/mol. The molecule has 2 aromatic rings. The second-order valence-electron chi connectivity index (χ2n) is 3.83. The van der Waals surface area contributed by atoms with Gasteiger partial charge in [0.25, 0.3) is 0 Å².